The number of anilines is 1. The molecule has 0 bridgehead atoms. The third kappa shape index (κ3) is 7.83. The van der Waals surface area contributed by atoms with Crippen molar-refractivity contribution in [2.24, 2.45) is 5.92 Å². The molecule has 0 aliphatic carbocycles. The minimum atomic E-state index is -0.893. The van der Waals surface area contributed by atoms with Crippen molar-refractivity contribution < 1.29 is 19.1 Å². The molecule has 0 saturated carbocycles. The first-order valence-electron chi connectivity index (χ1n) is 7.87. The Kier molecular flexibility index (Phi) is 8.50. The molecule has 134 valence electrons. The smallest absolute Gasteiger partial charge is 0.329 e. The van der Waals surface area contributed by atoms with Crippen molar-refractivity contribution in [3.63, 3.8) is 0 Å². The molecular weight excluding hydrogens is 324 g/mol. The lowest BCUT2D eigenvalue weighted by atomic mass is 10.1. The summed E-state index contributed by atoms with van der Waals surface area (Å²) in [5, 5.41) is 16.0. The highest BCUT2D eigenvalue weighted by Crippen LogP contribution is 2.07. The first-order chi connectivity index (χ1) is 11.9. The highest BCUT2D eigenvalue weighted by atomic mass is 16.5. The van der Waals surface area contributed by atoms with Crippen molar-refractivity contribution in [1.82, 2.24) is 10.6 Å². The van der Waals surface area contributed by atoms with E-state index in [1.165, 1.54) is 0 Å². The average Bonchev–Trinajstić information content (AvgIpc) is 2.58. The molecule has 3 amide bonds. The van der Waals surface area contributed by atoms with E-state index in [4.69, 9.17) is 10.00 Å². The molecule has 25 heavy (non-hydrogen) atoms. The number of carbonyl (C=O) groups excluding carboxylic acids is 3. The number of hydrogen-bond acceptors (Lipinski definition) is 5. The van der Waals surface area contributed by atoms with E-state index in [-0.39, 0.29) is 18.9 Å². The fourth-order valence-corrected chi connectivity index (χ4v) is 1.86. The van der Waals surface area contributed by atoms with E-state index in [1.54, 1.807) is 38.1 Å². The van der Waals surface area contributed by atoms with E-state index in [0.717, 1.165) is 0 Å². The SMILES string of the molecule is CC(C)[C@H](NC(=O)Nc1ccccc1)C(=O)OCC(=O)NCCC#N. The number of rotatable bonds is 8. The number of nitriles is 1. The lowest BCUT2D eigenvalue weighted by Crippen LogP contribution is -2.47. The third-order valence-corrected chi connectivity index (χ3v) is 3.14. The molecule has 0 aliphatic rings. The Labute approximate surface area is 146 Å². The molecule has 8 nitrogen and oxygen atoms in total. The first-order valence-corrected chi connectivity index (χ1v) is 7.87. The van der Waals surface area contributed by atoms with Crippen LogP contribution in [-0.2, 0) is 14.3 Å². The third-order valence-electron chi connectivity index (χ3n) is 3.14. The van der Waals surface area contributed by atoms with E-state index < -0.39 is 30.6 Å². The average molecular weight is 346 g/mol. The minimum absolute atomic E-state index is 0.176. The second-order valence-corrected chi connectivity index (χ2v) is 5.55. The van der Waals surface area contributed by atoms with E-state index in [9.17, 15) is 14.4 Å². The molecule has 8 heteroatoms. The summed E-state index contributed by atoms with van der Waals surface area (Å²) in [6, 6.07) is 9.25. The largest absolute Gasteiger partial charge is 0.454 e. The van der Waals surface area contributed by atoms with Gasteiger partial charge in [-0.2, -0.15) is 5.26 Å². The predicted molar refractivity (Wildman–Crippen MR) is 91.4 cm³/mol. The lowest BCUT2D eigenvalue weighted by molar-refractivity contribution is -0.151. The van der Waals surface area contributed by atoms with Crippen LogP contribution in [-0.4, -0.2) is 37.1 Å². The van der Waals surface area contributed by atoms with Crippen LogP contribution in [0.1, 0.15) is 20.3 Å². The standard InChI is InChI=1S/C17H22N4O4/c1-12(2)15(16(23)25-11-14(22)19-10-6-9-18)21-17(24)20-13-7-4-3-5-8-13/h3-5,7-8,12,15H,6,10-11H2,1-2H3,(H,19,22)(H2,20,21,24)/t15-/m0/s1. The number of urea groups is 1. The summed E-state index contributed by atoms with van der Waals surface area (Å²) in [6.07, 6.45) is 0.176. The number of esters is 1. The summed E-state index contributed by atoms with van der Waals surface area (Å²) in [7, 11) is 0. The van der Waals surface area contributed by atoms with Crippen molar-refractivity contribution in [1.29, 1.82) is 5.26 Å². The van der Waals surface area contributed by atoms with Crippen LogP contribution < -0.4 is 16.0 Å². The van der Waals surface area contributed by atoms with E-state index >= 15 is 0 Å². The van der Waals surface area contributed by atoms with Gasteiger partial charge in [-0.1, -0.05) is 32.0 Å². The summed E-state index contributed by atoms with van der Waals surface area (Å²) in [5.41, 5.74) is 0.591. The topological polar surface area (TPSA) is 120 Å². The number of nitrogens with zero attached hydrogens (tertiary/aromatic N) is 1. The molecule has 1 aromatic rings. The molecular formula is C17H22N4O4. The van der Waals surface area contributed by atoms with E-state index in [1.807, 2.05) is 12.1 Å². The number of benzene rings is 1. The molecule has 0 unspecified atom stereocenters. The fraction of sp³-hybridized carbons (Fsp3) is 0.412. The van der Waals surface area contributed by atoms with Crippen LogP contribution in [0, 0.1) is 17.2 Å². The van der Waals surface area contributed by atoms with Crippen LogP contribution in [0.25, 0.3) is 0 Å². The van der Waals surface area contributed by atoms with Gasteiger partial charge in [0.25, 0.3) is 5.91 Å². The van der Waals surface area contributed by atoms with Crippen LogP contribution in [0.15, 0.2) is 30.3 Å². The molecule has 1 rings (SSSR count). The van der Waals surface area contributed by atoms with Crippen molar-refractivity contribution in [3.05, 3.63) is 30.3 Å². The van der Waals surface area contributed by atoms with Crippen molar-refractivity contribution >= 4 is 23.6 Å². The Balaban J connectivity index is 2.49. The number of amides is 3. The Morgan fingerprint density at radius 3 is 2.48 bits per heavy atom. The first kappa shape index (κ1) is 20.0. The Morgan fingerprint density at radius 1 is 1.20 bits per heavy atom. The maximum atomic E-state index is 12.1. The maximum absolute atomic E-state index is 12.1. The van der Waals surface area contributed by atoms with Gasteiger partial charge in [0.1, 0.15) is 6.04 Å². The molecule has 0 aliphatic heterocycles. The molecule has 0 heterocycles. The molecule has 3 N–H and O–H groups in total. The van der Waals surface area contributed by atoms with E-state index in [2.05, 4.69) is 16.0 Å². The Hall–Kier alpha value is -3.08. The molecule has 1 atom stereocenters. The Morgan fingerprint density at radius 2 is 1.88 bits per heavy atom. The number of para-hydroxylation sites is 1. The van der Waals surface area contributed by atoms with Crippen molar-refractivity contribution in [2.75, 3.05) is 18.5 Å². The number of nitrogens with one attached hydrogen (secondary N) is 3. The van der Waals surface area contributed by atoms with E-state index in [0.29, 0.717) is 5.69 Å². The van der Waals surface area contributed by atoms with Crippen LogP contribution in [0.5, 0.6) is 0 Å². The molecule has 0 aromatic heterocycles. The summed E-state index contributed by atoms with van der Waals surface area (Å²) in [4.78, 5) is 35.6. The fourth-order valence-electron chi connectivity index (χ4n) is 1.86. The van der Waals surface area contributed by atoms with Gasteiger partial charge >= 0.3 is 12.0 Å². The molecule has 0 spiro atoms. The normalized spacial score (nSPS) is 11.1. The zero-order chi connectivity index (χ0) is 18.7. The van der Waals surface area contributed by atoms with Gasteiger partial charge in [-0.3, -0.25) is 4.79 Å². The number of ether oxygens (including phenoxy) is 1. The van der Waals surface area contributed by atoms with Gasteiger partial charge in [-0.15, -0.1) is 0 Å². The van der Waals surface area contributed by atoms with Gasteiger partial charge in [0.05, 0.1) is 12.5 Å². The molecule has 0 fully saturated rings. The minimum Gasteiger partial charge on any atom is -0.454 e. The summed E-state index contributed by atoms with van der Waals surface area (Å²) >= 11 is 0. The zero-order valence-corrected chi connectivity index (χ0v) is 14.2. The van der Waals surface area contributed by atoms with Gasteiger partial charge in [-0.25, -0.2) is 9.59 Å². The molecule has 1 aromatic carbocycles. The van der Waals surface area contributed by atoms with Gasteiger partial charge < -0.3 is 20.7 Å². The Bertz CT molecular complexity index is 625. The van der Waals surface area contributed by atoms with Gasteiger partial charge in [0.2, 0.25) is 0 Å². The second-order valence-electron chi connectivity index (χ2n) is 5.55. The lowest BCUT2D eigenvalue weighted by Gasteiger charge is -2.21. The monoisotopic (exact) mass is 346 g/mol. The van der Waals surface area contributed by atoms with Crippen LogP contribution >= 0.6 is 0 Å². The summed E-state index contributed by atoms with van der Waals surface area (Å²) in [6.45, 7) is 3.23. The quantitative estimate of drug-likeness (QED) is 0.485. The second kappa shape index (κ2) is 10.6. The van der Waals surface area contributed by atoms with Crippen molar-refractivity contribution in [2.45, 2.75) is 26.3 Å². The van der Waals surface area contributed by atoms with Crippen LogP contribution in [0.2, 0.25) is 0 Å². The number of carbonyl (C=O) groups is 3. The van der Waals surface area contributed by atoms with Gasteiger partial charge in [0.15, 0.2) is 6.61 Å². The van der Waals surface area contributed by atoms with Crippen LogP contribution in [0.3, 0.4) is 0 Å². The maximum Gasteiger partial charge on any atom is 0.329 e. The summed E-state index contributed by atoms with van der Waals surface area (Å²) < 4.78 is 4.93. The van der Waals surface area contributed by atoms with Crippen molar-refractivity contribution in [3.8, 4) is 6.07 Å². The predicted octanol–water partition coefficient (Wildman–Crippen LogP) is 1.41. The molecule has 0 radical (unpaired) electrons. The van der Waals surface area contributed by atoms with Gasteiger partial charge in [-0.05, 0) is 18.1 Å². The zero-order valence-electron chi connectivity index (χ0n) is 14.2. The summed E-state index contributed by atoms with van der Waals surface area (Å²) in [5.74, 6) is -1.43. The highest BCUT2D eigenvalue weighted by Gasteiger charge is 2.26. The molecule has 0 saturated heterocycles. The highest BCUT2D eigenvalue weighted by molar-refractivity contribution is 5.93. The number of hydrogen-bond donors (Lipinski definition) is 3. The van der Waals surface area contributed by atoms with Gasteiger partial charge in [0, 0.05) is 12.2 Å². The van der Waals surface area contributed by atoms with Crippen LogP contribution in [0.4, 0.5) is 10.5 Å².